The molecule has 0 amide bonds. The molecular formula is C22H21NO6. The minimum absolute atomic E-state index is 0.0690. The molecule has 4 rings (SSSR count). The second-order valence-corrected chi connectivity index (χ2v) is 7.06. The highest BCUT2D eigenvalue weighted by Crippen LogP contribution is 2.32. The Morgan fingerprint density at radius 1 is 1.24 bits per heavy atom. The topological polar surface area (TPSA) is 95.1 Å². The molecule has 1 atom stereocenters. The van der Waals surface area contributed by atoms with Gasteiger partial charge in [0.25, 0.3) is 5.69 Å². The molecule has 2 heterocycles. The smallest absolute Gasteiger partial charge is 0.270 e. The maximum atomic E-state index is 13.3. The minimum Gasteiger partial charge on any atom is -0.491 e. The molecule has 0 bridgehead atoms. The normalized spacial score (nSPS) is 15.4. The van der Waals surface area contributed by atoms with Gasteiger partial charge >= 0.3 is 0 Å². The number of nitro benzene ring substituents is 1. The molecule has 1 aliphatic heterocycles. The van der Waals surface area contributed by atoms with Crippen molar-refractivity contribution in [3.8, 4) is 5.75 Å². The summed E-state index contributed by atoms with van der Waals surface area (Å²) in [5.74, 6) is 1.02. The number of hydrogen-bond donors (Lipinski definition) is 0. The van der Waals surface area contributed by atoms with Gasteiger partial charge in [-0.25, -0.2) is 0 Å². The Hall–Kier alpha value is -3.19. The largest absolute Gasteiger partial charge is 0.491 e. The summed E-state index contributed by atoms with van der Waals surface area (Å²) in [7, 11) is 0. The fourth-order valence-electron chi connectivity index (χ4n) is 3.21. The number of nitrogens with zero attached hydrogens (tertiary/aromatic N) is 1. The van der Waals surface area contributed by atoms with E-state index in [1.54, 1.807) is 30.3 Å². The van der Waals surface area contributed by atoms with Gasteiger partial charge in [0.1, 0.15) is 29.8 Å². The Labute approximate surface area is 167 Å². The van der Waals surface area contributed by atoms with Crippen molar-refractivity contribution in [3.63, 3.8) is 0 Å². The van der Waals surface area contributed by atoms with Gasteiger partial charge in [-0.2, -0.15) is 0 Å². The van der Waals surface area contributed by atoms with E-state index in [0.29, 0.717) is 46.6 Å². The molecule has 3 aromatic rings. The first-order chi connectivity index (χ1) is 14.1. The van der Waals surface area contributed by atoms with E-state index >= 15 is 0 Å². The summed E-state index contributed by atoms with van der Waals surface area (Å²) in [5, 5.41) is 11.7. The Kier molecular flexibility index (Phi) is 5.31. The van der Waals surface area contributed by atoms with E-state index in [1.165, 1.54) is 12.1 Å². The van der Waals surface area contributed by atoms with Crippen molar-refractivity contribution in [1.29, 1.82) is 0 Å². The number of epoxide rings is 1. The number of ether oxygens (including phenoxy) is 2. The number of unbranched alkanes of at least 4 members (excludes halogenated alkanes) is 1. The van der Waals surface area contributed by atoms with Crippen LogP contribution in [0.15, 0.2) is 46.9 Å². The second-order valence-electron chi connectivity index (χ2n) is 7.06. The quantitative estimate of drug-likeness (QED) is 0.226. The Morgan fingerprint density at radius 2 is 2.00 bits per heavy atom. The van der Waals surface area contributed by atoms with Crippen LogP contribution in [-0.4, -0.2) is 30.0 Å². The molecule has 2 aromatic carbocycles. The van der Waals surface area contributed by atoms with Gasteiger partial charge in [0.05, 0.1) is 17.1 Å². The van der Waals surface area contributed by atoms with Gasteiger partial charge in [-0.3, -0.25) is 14.9 Å². The van der Waals surface area contributed by atoms with Crippen LogP contribution in [-0.2, 0) is 11.2 Å². The third kappa shape index (κ3) is 4.14. The molecule has 29 heavy (non-hydrogen) atoms. The highest BCUT2D eigenvalue weighted by molar-refractivity contribution is 6.17. The first kappa shape index (κ1) is 19.1. The van der Waals surface area contributed by atoms with Crippen LogP contribution in [0.3, 0.4) is 0 Å². The standard InChI is InChI=1S/C22H21NO6/c1-2-3-4-20-21(18-11-15(23(25)26)7-10-19(18)29-20)22(24)14-5-8-16(9-6-14)27-12-17-13-28-17/h5-11,17H,2-4,12-13H2,1H3. The number of nitro groups is 1. The molecule has 0 spiro atoms. The SMILES string of the molecule is CCCCc1oc2ccc([N+](=O)[O-])cc2c1C(=O)c1ccc(OCC2CO2)cc1. The average Bonchev–Trinajstić information content (AvgIpc) is 3.49. The number of ketones is 1. The van der Waals surface area contributed by atoms with Gasteiger partial charge in [0.15, 0.2) is 5.78 Å². The average molecular weight is 395 g/mol. The molecule has 1 aromatic heterocycles. The molecule has 7 nitrogen and oxygen atoms in total. The summed E-state index contributed by atoms with van der Waals surface area (Å²) in [6, 6.07) is 11.2. The van der Waals surface area contributed by atoms with E-state index in [2.05, 4.69) is 6.92 Å². The van der Waals surface area contributed by atoms with E-state index in [9.17, 15) is 14.9 Å². The zero-order valence-electron chi connectivity index (χ0n) is 16.1. The molecule has 0 saturated carbocycles. The number of fused-ring (bicyclic) bond motifs is 1. The number of carbonyl (C=O) groups is 1. The monoisotopic (exact) mass is 395 g/mol. The Morgan fingerprint density at radius 3 is 2.66 bits per heavy atom. The van der Waals surface area contributed by atoms with Crippen LogP contribution in [0.5, 0.6) is 5.75 Å². The fraction of sp³-hybridized carbons (Fsp3) is 0.318. The van der Waals surface area contributed by atoms with Crippen LogP contribution in [0.1, 0.15) is 41.4 Å². The van der Waals surface area contributed by atoms with Crippen LogP contribution >= 0.6 is 0 Å². The number of carbonyl (C=O) groups excluding carboxylic acids is 1. The van der Waals surface area contributed by atoms with Gasteiger partial charge in [0, 0.05) is 29.5 Å². The molecule has 0 radical (unpaired) electrons. The Bertz CT molecular complexity index is 1050. The van der Waals surface area contributed by atoms with Gasteiger partial charge in [0.2, 0.25) is 0 Å². The summed E-state index contributed by atoms with van der Waals surface area (Å²) in [5.41, 5.74) is 1.29. The predicted octanol–water partition coefficient (Wildman–Crippen LogP) is 4.69. The molecule has 7 heteroatoms. The van der Waals surface area contributed by atoms with Crippen molar-refractivity contribution in [2.45, 2.75) is 32.3 Å². The fourth-order valence-corrected chi connectivity index (χ4v) is 3.21. The van der Waals surface area contributed by atoms with Gasteiger partial charge in [-0.1, -0.05) is 13.3 Å². The number of non-ortho nitro benzene ring substituents is 1. The lowest BCUT2D eigenvalue weighted by molar-refractivity contribution is -0.384. The molecule has 1 aliphatic rings. The van der Waals surface area contributed by atoms with Gasteiger partial charge in [-0.05, 0) is 36.8 Å². The highest BCUT2D eigenvalue weighted by atomic mass is 16.6. The maximum Gasteiger partial charge on any atom is 0.270 e. The number of benzene rings is 2. The first-order valence-corrected chi connectivity index (χ1v) is 9.65. The number of furan rings is 1. The lowest BCUT2D eigenvalue weighted by Gasteiger charge is -2.06. The summed E-state index contributed by atoms with van der Waals surface area (Å²) in [4.78, 5) is 24.0. The van der Waals surface area contributed by atoms with Gasteiger partial charge in [-0.15, -0.1) is 0 Å². The zero-order chi connectivity index (χ0) is 20.4. The number of aryl methyl sites for hydroxylation is 1. The Balaban J connectivity index is 1.68. The van der Waals surface area contributed by atoms with E-state index in [1.807, 2.05) is 0 Å². The first-order valence-electron chi connectivity index (χ1n) is 9.65. The van der Waals surface area contributed by atoms with Crippen molar-refractivity contribution in [3.05, 3.63) is 69.5 Å². The van der Waals surface area contributed by atoms with Gasteiger partial charge < -0.3 is 13.9 Å². The lowest BCUT2D eigenvalue weighted by Crippen LogP contribution is -2.06. The molecule has 1 unspecified atom stereocenters. The summed E-state index contributed by atoms with van der Waals surface area (Å²) >= 11 is 0. The zero-order valence-corrected chi connectivity index (χ0v) is 16.1. The maximum absolute atomic E-state index is 13.3. The third-order valence-corrected chi connectivity index (χ3v) is 4.89. The second kappa shape index (κ2) is 8.05. The number of hydrogen-bond acceptors (Lipinski definition) is 6. The van der Waals surface area contributed by atoms with E-state index < -0.39 is 4.92 Å². The highest BCUT2D eigenvalue weighted by Gasteiger charge is 2.25. The lowest BCUT2D eigenvalue weighted by atomic mass is 9.98. The molecule has 0 aliphatic carbocycles. The summed E-state index contributed by atoms with van der Waals surface area (Å²) in [6.45, 7) is 3.27. The van der Waals surface area contributed by atoms with Crippen LogP contribution in [0.25, 0.3) is 11.0 Å². The van der Waals surface area contributed by atoms with Crippen molar-refractivity contribution >= 4 is 22.4 Å². The molecule has 1 fully saturated rings. The number of rotatable bonds is 9. The minimum atomic E-state index is -0.470. The predicted molar refractivity (Wildman–Crippen MR) is 107 cm³/mol. The third-order valence-electron chi connectivity index (χ3n) is 4.89. The van der Waals surface area contributed by atoms with Crippen molar-refractivity contribution in [2.24, 2.45) is 0 Å². The van der Waals surface area contributed by atoms with Crippen LogP contribution in [0.4, 0.5) is 5.69 Å². The summed E-state index contributed by atoms with van der Waals surface area (Å²) < 4.78 is 16.6. The van der Waals surface area contributed by atoms with Crippen LogP contribution in [0.2, 0.25) is 0 Å². The molecule has 0 N–H and O–H groups in total. The van der Waals surface area contributed by atoms with Crippen LogP contribution in [0, 0.1) is 10.1 Å². The summed E-state index contributed by atoms with van der Waals surface area (Å²) in [6.07, 6.45) is 2.56. The van der Waals surface area contributed by atoms with Crippen molar-refractivity contribution < 1.29 is 23.6 Å². The van der Waals surface area contributed by atoms with Crippen LogP contribution < -0.4 is 4.74 Å². The molecule has 150 valence electrons. The molecular weight excluding hydrogens is 374 g/mol. The van der Waals surface area contributed by atoms with Crippen molar-refractivity contribution in [1.82, 2.24) is 0 Å². The van der Waals surface area contributed by atoms with Crippen molar-refractivity contribution in [2.75, 3.05) is 13.2 Å². The molecule has 1 saturated heterocycles. The van der Waals surface area contributed by atoms with E-state index in [0.717, 1.165) is 19.4 Å². The van der Waals surface area contributed by atoms with E-state index in [-0.39, 0.29) is 17.6 Å². The van der Waals surface area contributed by atoms with E-state index in [4.69, 9.17) is 13.9 Å².